The summed E-state index contributed by atoms with van der Waals surface area (Å²) in [6.45, 7) is 0.142. The van der Waals surface area contributed by atoms with Gasteiger partial charge in [0.15, 0.2) is 11.5 Å². The van der Waals surface area contributed by atoms with Crippen LogP contribution in [0.15, 0.2) is 41.5 Å². The monoisotopic (exact) mass is 336 g/mol. The van der Waals surface area contributed by atoms with Gasteiger partial charge in [0.25, 0.3) is 5.91 Å². The average Bonchev–Trinajstić information content (AvgIpc) is 2.97. The number of rotatable bonds is 3. The number of carbonyl (C=O) groups is 1. The van der Waals surface area contributed by atoms with Gasteiger partial charge in [-0.15, -0.1) is 0 Å². The average molecular weight is 337 g/mol. The van der Waals surface area contributed by atoms with Gasteiger partial charge in [0.1, 0.15) is 0 Å². The molecule has 7 heteroatoms. The third-order valence-corrected chi connectivity index (χ3v) is 3.47. The molecule has 0 radical (unpaired) electrons. The molecule has 0 spiro atoms. The third-order valence-electron chi connectivity index (χ3n) is 2.94. The molecule has 1 N–H and O–H groups in total. The molecule has 1 aliphatic rings. The molecule has 1 aliphatic heterocycles. The van der Waals surface area contributed by atoms with E-state index in [1.165, 1.54) is 6.21 Å². The molecule has 0 aliphatic carbocycles. The van der Waals surface area contributed by atoms with Crippen LogP contribution in [0.2, 0.25) is 10.0 Å². The number of nitrogens with one attached hydrogen (secondary N) is 1. The van der Waals surface area contributed by atoms with Crippen molar-refractivity contribution in [2.24, 2.45) is 5.10 Å². The van der Waals surface area contributed by atoms with E-state index in [-0.39, 0.29) is 12.7 Å². The van der Waals surface area contributed by atoms with Crippen LogP contribution < -0.4 is 14.9 Å². The lowest BCUT2D eigenvalue weighted by molar-refractivity contribution is 0.0955. The minimum Gasteiger partial charge on any atom is -0.454 e. The molecule has 1 heterocycles. The van der Waals surface area contributed by atoms with E-state index in [0.717, 1.165) is 0 Å². The van der Waals surface area contributed by atoms with Gasteiger partial charge in [0.2, 0.25) is 6.79 Å². The van der Waals surface area contributed by atoms with Crippen molar-refractivity contribution in [2.75, 3.05) is 6.79 Å². The van der Waals surface area contributed by atoms with Gasteiger partial charge in [-0.1, -0.05) is 23.2 Å². The lowest BCUT2D eigenvalue weighted by atomic mass is 10.2. The number of benzene rings is 2. The molecule has 2 aromatic rings. The molecule has 0 unspecified atom stereocenters. The second-order valence-electron chi connectivity index (χ2n) is 4.44. The minimum atomic E-state index is -0.334. The zero-order valence-electron chi connectivity index (χ0n) is 11.2. The summed E-state index contributed by atoms with van der Waals surface area (Å²) in [5.41, 5.74) is 3.58. The predicted octanol–water partition coefficient (Wildman–Crippen LogP) is 3.49. The maximum absolute atomic E-state index is 11.9. The van der Waals surface area contributed by atoms with E-state index < -0.39 is 0 Å². The van der Waals surface area contributed by atoms with E-state index in [1.54, 1.807) is 36.4 Å². The molecule has 0 fully saturated rings. The summed E-state index contributed by atoms with van der Waals surface area (Å²) in [7, 11) is 0. The highest BCUT2D eigenvalue weighted by Gasteiger charge is 2.17. The zero-order valence-corrected chi connectivity index (χ0v) is 12.7. The quantitative estimate of drug-likeness (QED) is 0.689. The van der Waals surface area contributed by atoms with Crippen molar-refractivity contribution < 1.29 is 14.3 Å². The topological polar surface area (TPSA) is 59.9 Å². The first kappa shape index (κ1) is 14.7. The molecule has 0 saturated heterocycles. The molecule has 2 aromatic carbocycles. The van der Waals surface area contributed by atoms with Crippen molar-refractivity contribution in [3.8, 4) is 11.5 Å². The SMILES string of the molecule is O=C(N/N=C\c1cc(Cl)c2c(c1)OCO2)c1ccc(Cl)cc1. The molecule has 1 amide bonds. The normalized spacial score (nSPS) is 12.6. The lowest BCUT2D eigenvalue weighted by Crippen LogP contribution is -2.17. The maximum atomic E-state index is 11.9. The van der Waals surface area contributed by atoms with Crippen LogP contribution in [0, 0.1) is 0 Å². The maximum Gasteiger partial charge on any atom is 0.271 e. The summed E-state index contributed by atoms with van der Waals surface area (Å²) < 4.78 is 10.5. The fourth-order valence-electron chi connectivity index (χ4n) is 1.89. The molecule has 0 atom stereocenters. The van der Waals surface area contributed by atoms with Crippen LogP contribution in [-0.4, -0.2) is 18.9 Å². The van der Waals surface area contributed by atoms with Gasteiger partial charge in [-0.05, 0) is 42.0 Å². The van der Waals surface area contributed by atoms with E-state index in [2.05, 4.69) is 10.5 Å². The van der Waals surface area contributed by atoms with Gasteiger partial charge in [0, 0.05) is 10.6 Å². The highest BCUT2D eigenvalue weighted by Crippen LogP contribution is 2.39. The van der Waals surface area contributed by atoms with Crippen molar-refractivity contribution in [1.82, 2.24) is 5.43 Å². The predicted molar refractivity (Wildman–Crippen MR) is 84.1 cm³/mol. The Balaban J connectivity index is 1.68. The Labute approximate surface area is 136 Å². The van der Waals surface area contributed by atoms with Crippen molar-refractivity contribution in [2.45, 2.75) is 0 Å². The van der Waals surface area contributed by atoms with Crippen LogP contribution in [0.1, 0.15) is 15.9 Å². The van der Waals surface area contributed by atoms with Crippen LogP contribution in [-0.2, 0) is 0 Å². The Hall–Kier alpha value is -2.24. The molecular weight excluding hydrogens is 327 g/mol. The van der Waals surface area contributed by atoms with Crippen molar-refractivity contribution in [3.63, 3.8) is 0 Å². The molecule has 5 nitrogen and oxygen atoms in total. The number of halogens is 2. The van der Waals surface area contributed by atoms with Crippen LogP contribution in [0.25, 0.3) is 0 Å². The fourth-order valence-corrected chi connectivity index (χ4v) is 2.29. The van der Waals surface area contributed by atoms with Gasteiger partial charge < -0.3 is 9.47 Å². The van der Waals surface area contributed by atoms with Crippen LogP contribution in [0.4, 0.5) is 0 Å². The Morgan fingerprint density at radius 3 is 2.73 bits per heavy atom. The number of nitrogens with zero attached hydrogens (tertiary/aromatic N) is 1. The molecule has 0 saturated carbocycles. The van der Waals surface area contributed by atoms with Gasteiger partial charge in [-0.25, -0.2) is 5.43 Å². The van der Waals surface area contributed by atoms with Crippen LogP contribution in [0.3, 0.4) is 0 Å². The van der Waals surface area contributed by atoms with Crippen molar-refractivity contribution in [3.05, 3.63) is 57.6 Å². The van der Waals surface area contributed by atoms with E-state index in [1.807, 2.05) is 0 Å². The largest absolute Gasteiger partial charge is 0.454 e. The summed E-state index contributed by atoms with van der Waals surface area (Å²) in [5.74, 6) is 0.738. The standard InChI is InChI=1S/C15H10Cl2N2O3/c16-11-3-1-10(2-4-11)15(20)19-18-7-9-5-12(17)14-13(6-9)21-8-22-14/h1-7H,8H2,(H,19,20)/b18-7-. The number of hydrogen-bond acceptors (Lipinski definition) is 4. The summed E-state index contributed by atoms with van der Waals surface area (Å²) in [6.07, 6.45) is 1.47. The van der Waals surface area contributed by atoms with Crippen molar-refractivity contribution in [1.29, 1.82) is 0 Å². The number of ether oxygens (including phenoxy) is 2. The van der Waals surface area contributed by atoms with Gasteiger partial charge >= 0.3 is 0 Å². The number of amides is 1. The van der Waals surface area contributed by atoms with Crippen LogP contribution in [0.5, 0.6) is 11.5 Å². The summed E-state index contributed by atoms with van der Waals surface area (Å²) in [6, 6.07) is 9.91. The zero-order chi connectivity index (χ0) is 15.5. The van der Waals surface area contributed by atoms with Gasteiger partial charge in [-0.3, -0.25) is 4.79 Å². The Morgan fingerprint density at radius 1 is 1.18 bits per heavy atom. The van der Waals surface area contributed by atoms with E-state index in [0.29, 0.717) is 32.7 Å². The van der Waals surface area contributed by atoms with E-state index in [9.17, 15) is 4.79 Å². The molecular formula is C15H10Cl2N2O3. The Bertz CT molecular complexity index is 745. The van der Waals surface area contributed by atoms with Gasteiger partial charge in [0.05, 0.1) is 11.2 Å². The van der Waals surface area contributed by atoms with Crippen molar-refractivity contribution >= 4 is 35.3 Å². The molecule has 0 bridgehead atoms. The second kappa shape index (κ2) is 6.25. The smallest absolute Gasteiger partial charge is 0.271 e. The Morgan fingerprint density at radius 2 is 1.95 bits per heavy atom. The molecule has 3 rings (SSSR count). The lowest BCUT2D eigenvalue weighted by Gasteiger charge is -2.02. The fraction of sp³-hybridized carbons (Fsp3) is 0.0667. The number of carbonyl (C=O) groups excluding carboxylic acids is 1. The molecule has 22 heavy (non-hydrogen) atoms. The first-order valence-electron chi connectivity index (χ1n) is 6.31. The summed E-state index contributed by atoms with van der Waals surface area (Å²) >= 11 is 11.8. The molecule has 112 valence electrons. The highest BCUT2D eigenvalue weighted by molar-refractivity contribution is 6.32. The number of hydrogen-bond donors (Lipinski definition) is 1. The molecule has 0 aromatic heterocycles. The highest BCUT2D eigenvalue weighted by atomic mass is 35.5. The van der Waals surface area contributed by atoms with Gasteiger partial charge in [-0.2, -0.15) is 5.10 Å². The first-order chi connectivity index (χ1) is 10.6. The first-order valence-corrected chi connectivity index (χ1v) is 7.07. The third kappa shape index (κ3) is 3.16. The second-order valence-corrected chi connectivity index (χ2v) is 5.29. The van der Waals surface area contributed by atoms with Crippen LogP contribution >= 0.6 is 23.2 Å². The minimum absolute atomic E-state index is 0.142. The summed E-state index contributed by atoms with van der Waals surface area (Å²) in [5, 5.41) is 4.89. The van der Waals surface area contributed by atoms with E-state index >= 15 is 0 Å². The number of hydrazone groups is 1. The Kier molecular flexibility index (Phi) is 4.18. The number of fused-ring (bicyclic) bond motifs is 1. The van der Waals surface area contributed by atoms with E-state index in [4.69, 9.17) is 32.7 Å². The summed E-state index contributed by atoms with van der Waals surface area (Å²) in [4.78, 5) is 11.9.